The van der Waals surface area contributed by atoms with Gasteiger partial charge in [-0.1, -0.05) is 5.21 Å². The number of anilines is 2. The van der Waals surface area contributed by atoms with Crippen LogP contribution in [0.5, 0.6) is 5.75 Å². The monoisotopic (exact) mass is 373 g/mol. The Balaban J connectivity index is 1.74. The number of hydrogen-bond acceptors (Lipinski definition) is 6. The van der Waals surface area contributed by atoms with Crippen molar-refractivity contribution < 1.29 is 24.2 Å². The highest BCUT2D eigenvalue weighted by Gasteiger charge is 2.23. The van der Waals surface area contributed by atoms with Crippen LogP contribution >= 0.6 is 0 Å². The Morgan fingerprint density at radius 3 is 2.81 bits per heavy atom. The smallest absolute Gasteiger partial charge is 0.358 e. The molecule has 0 atom stereocenters. The van der Waals surface area contributed by atoms with Crippen molar-refractivity contribution in [2.45, 2.75) is 25.8 Å². The van der Waals surface area contributed by atoms with Gasteiger partial charge in [-0.2, -0.15) is 0 Å². The number of ether oxygens (including phenoxy) is 1. The van der Waals surface area contributed by atoms with E-state index in [0.29, 0.717) is 30.1 Å². The van der Waals surface area contributed by atoms with Crippen LogP contribution in [0.2, 0.25) is 0 Å². The Bertz CT molecular complexity index is 878. The molecule has 1 aliphatic rings. The third-order valence-electron chi connectivity index (χ3n) is 4.14. The molecule has 0 spiro atoms. The van der Waals surface area contributed by atoms with Crippen molar-refractivity contribution in [3.8, 4) is 5.75 Å². The number of piperidine rings is 1. The first-order valence-corrected chi connectivity index (χ1v) is 8.39. The fourth-order valence-electron chi connectivity index (χ4n) is 2.86. The van der Waals surface area contributed by atoms with Gasteiger partial charge in [-0.05, 0) is 31.0 Å². The van der Waals surface area contributed by atoms with Gasteiger partial charge >= 0.3 is 5.97 Å². The average Bonchev–Trinajstić information content (AvgIpc) is 3.11. The molecule has 2 N–H and O–H groups in total. The Kier molecular flexibility index (Phi) is 5.34. The van der Waals surface area contributed by atoms with E-state index in [9.17, 15) is 14.4 Å². The molecule has 1 saturated heterocycles. The number of carboxylic acid groups (broad SMARTS) is 1. The third kappa shape index (κ3) is 4.22. The molecule has 3 rings (SSSR count). The van der Waals surface area contributed by atoms with E-state index in [1.807, 2.05) is 0 Å². The number of carboxylic acids is 1. The molecule has 2 amide bonds. The van der Waals surface area contributed by atoms with E-state index in [4.69, 9.17) is 9.84 Å². The van der Waals surface area contributed by atoms with Crippen LogP contribution in [0.15, 0.2) is 24.4 Å². The lowest BCUT2D eigenvalue weighted by atomic mass is 10.1. The molecule has 2 heterocycles. The van der Waals surface area contributed by atoms with Gasteiger partial charge in [-0.25, -0.2) is 9.48 Å². The quantitative estimate of drug-likeness (QED) is 0.777. The second kappa shape index (κ2) is 7.85. The number of amides is 2. The van der Waals surface area contributed by atoms with Crippen molar-refractivity contribution in [2.24, 2.45) is 0 Å². The number of carbonyl (C=O) groups excluding carboxylic acids is 2. The summed E-state index contributed by atoms with van der Waals surface area (Å²) in [5, 5.41) is 18.6. The molecular formula is C17H19N5O5. The van der Waals surface area contributed by atoms with E-state index in [1.54, 1.807) is 23.1 Å². The van der Waals surface area contributed by atoms with Crippen LogP contribution in [0.1, 0.15) is 29.8 Å². The second-order valence-corrected chi connectivity index (χ2v) is 6.04. The molecule has 10 heteroatoms. The zero-order valence-corrected chi connectivity index (χ0v) is 14.7. The Labute approximate surface area is 154 Å². The largest absolute Gasteiger partial charge is 0.495 e. The number of carbonyl (C=O) groups is 3. The lowest BCUT2D eigenvalue weighted by Crippen LogP contribution is -2.35. The minimum absolute atomic E-state index is 0.0202. The molecule has 0 unspecified atom stereocenters. The fourth-order valence-corrected chi connectivity index (χ4v) is 2.86. The first kappa shape index (κ1) is 18.4. The van der Waals surface area contributed by atoms with Gasteiger partial charge in [0.05, 0.1) is 19.0 Å². The highest BCUT2D eigenvalue weighted by Crippen LogP contribution is 2.33. The summed E-state index contributed by atoms with van der Waals surface area (Å²) in [6, 6.07) is 5.04. The molecule has 0 radical (unpaired) electrons. The molecule has 0 aliphatic carbocycles. The van der Waals surface area contributed by atoms with Crippen LogP contribution in [0.3, 0.4) is 0 Å². The lowest BCUT2D eigenvalue weighted by molar-refractivity contribution is -0.119. The van der Waals surface area contributed by atoms with Crippen molar-refractivity contribution in [3.63, 3.8) is 0 Å². The third-order valence-corrected chi connectivity index (χ3v) is 4.14. The Hall–Kier alpha value is -3.43. The number of benzene rings is 1. The summed E-state index contributed by atoms with van der Waals surface area (Å²) in [6.45, 7) is 0.411. The maximum atomic E-state index is 12.2. The van der Waals surface area contributed by atoms with E-state index in [2.05, 4.69) is 15.6 Å². The van der Waals surface area contributed by atoms with Crippen LogP contribution in [0, 0.1) is 0 Å². The number of aromatic nitrogens is 3. The minimum Gasteiger partial charge on any atom is -0.495 e. The average molecular weight is 373 g/mol. The summed E-state index contributed by atoms with van der Waals surface area (Å²) in [6.07, 6.45) is 3.43. The van der Waals surface area contributed by atoms with Crippen LogP contribution in [-0.4, -0.2) is 51.5 Å². The van der Waals surface area contributed by atoms with Crippen molar-refractivity contribution in [1.29, 1.82) is 0 Å². The molecule has 1 aromatic carbocycles. The molecule has 1 aromatic heterocycles. The Morgan fingerprint density at radius 2 is 2.15 bits per heavy atom. The summed E-state index contributed by atoms with van der Waals surface area (Å²) in [5.41, 5.74) is 0.861. The number of rotatable bonds is 6. The summed E-state index contributed by atoms with van der Waals surface area (Å²) < 4.78 is 6.48. The molecule has 0 saturated carbocycles. The zero-order chi connectivity index (χ0) is 19.4. The van der Waals surface area contributed by atoms with Gasteiger partial charge in [0, 0.05) is 18.7 Å². The van der Waals surface area contributed by atoms with Crippen molar-refractivity contribution in [2.75, 3.05) is 23.9 Å². The van der Waals surface area contributed by atoms with Crippen LogP contribution in [0.25, 0.3) is 0 Å². The molecule has 2 aromatic rings. The fraction of sp³-hybridized carbons (Fsp3) is 0.353. The van der Waals surface area contributed by atoms with Crippen LogP contribution < -0.4 is 15.0 Å². The van der Waals surface area contributed by atoms with Gasteiger partial charge in [0.15, 0.2) is 5.69 Å². The number of nitrogens with zero attached hydrogens (tertiary/aromatic N) is 4. The van der Waals surface area contributed by atoms with E-state index >= 15 is 0 Å². The van der Waals surface area contributed by atoms with Gasteiger partial charge in [0.1, 0.15) is 12.3 Å². The first-order valence-electron chi connectivity index (χ1n) is 8.39. The Morgan fingerprint density at radius 1 is 1.33 bits per heavy atom. The SMILES string of the molecule is COc1ccc(NC(=O)Cn2cc(C(=O)O)nn2)cc1N1CCCCC1=O. The minimum atomic E-state index is -1.22. The molecule has 142 valence electrons. The maximum absolute atomic E-state index is 12.2. The summed E-state index contributed by atoms with van der Waals surface area (Å²) in [5.74, 6) is -1.05. The molecule has 0 bridgehead atoms. The standard InChI is InChI=1S/C17H19N5O5/c1-27-14-6-5-11(8-13(14)22-7-3-2-4-16(22)24)18-15(23)10-21-9-12(17(25)26)19-20-21/h5-6,8-9H,2-4,7,10H2,1H3,(H,18,23)(H,25,26). The molecular weight excluding hydrogens is 354 g/mol. The van der Waals surface area contributed by atoms with Crippen molar-refractivity contribution in [3.05, 3.63) is 30.1 Å². The second-order valence-electron chi connectivity index (χ2n) is 6.04. The zero-order valence-electron chi connectivity index (χ0n) is 14.7. The number of nitrogens with one attached hydrogen (secondary N) is 1. The molecule has 1 aliphatic heterocycles. The van der Waals surface area contributed by atoms with Crippen LogP contribution in [0.4, 0.5) is 11.4 Å². The highest BCUT2D eigenvalue weighted by atomic mass is 16.5. The van der Waals surface area contributed by atoms with Gasteiger partial charge in [0.25, 0.3) is 0 Å². The molecule has 10 nitrogen and oxygen atoms in total. The summed E-state index contributed by atoms with van der Waals surface area (Å²) >= 11 is 0. The van der Waals surface area contributed by atoms with E-state index in [0.717, 1.165) is 17.5 Å². The van der Waals surface area contributed by atoms with E-state index < -0.39 is 11.9 Å². The van der Waals surface area contributed by atoms with Crippen LogP contribution in [-0.2, 0) is 16.1 Å². The number of hydrogen-bond donors (Lipinski definition) is 2. The number of aromatic carboxylic acids is 1. The normalized spacial score (nSPS) is 14.1. The number of methoxy groups -OCH3 is 1. The van der Waals surface area contributed by atoms with E-state index in [1.165, 1.54) is 13.3 Å². The molecule has 27 heavy (non-hydrogen) atoms. The van der Waals surface area contributed by atoms with Gasteiger partial charge in [0.2, 0.25) is 11.8 Å². The summed E-state index contributed by atoms with van der Waals surface area (Å²) in [4.78, 5) is 36.9. The maximum Gasteiger partial charge on any atom is 0.358 e. The summed E-state index contributed by atoms with van der Waals surface area (Å²) in [7, 11) is 1.52. The van der Waals surface area contributed by atoms with E-state index in [-0.39, 0.29) is 18.1 Å². The molecule has 1 fully saturated rings. The van der Waals surface area contributed by atoms with Gasteiger partial charge < -0.3 is 20.1 Å². The topological polar surface area (TPSA) is 127 Å². The predicted molar refractivity (Wildman–Crippen MR) is 94.8 cm³/mol. The van der Waals surface area contributed by atoms with Gasteiger partial charge in [-0.3, -0.25) is 9.59 Å². The first-order chi connectivity index (χ1) is 13.0. The van der Waals surface area contributed by atoms with Crippen molar-refractivity contribution in [1.82, 2.24) is 15.0 Å². The highest BCUT2D eigenvalue weighted by molar-refractivity contribution is 5.97. The van der Waals surface area contributed by atoms with Gasteiger partial charge in [-0.15, -0.1) is 5.10 Å². The van der Waals surface area contributed by atoms with Crippen molar-refractivity contribution >= 4 is 29.2 Å². The lowest BCUT2D eigenvalue weighted by Gasteiger charge is -2.28. The predicted octanol–water partition coefficient (Wildman–Crippen LogP) is 1.14.